The number of benzene rings is 1. The van der Waals surface area contributed by atoms with Gasteiger partial charge in [-0.15, -0.1) is 11.3 Å². The molecule has 1 aromatic heterocycles. The zero-order chi connectivity index (χ0) is 14.8. The molecule has 0 atom stereocenters. The van der Waals surface area contributed by atoms with Crippen LogP contribution < -0.4 is 4.72 Å². The smallest absolute Gasteiger partial charge is 0.243 e. The van der Waals surface area contributed by atoms with E-state index < -0.39 is 20.7 Å². The zero-order valence-electron chi connectivity index (χ0n) is 10.6. The van der Waals surface area contributed by atoms with E-state index >= 15 is 0 Å². The van der Waals surface area contributed by atoms with E-state index in [0.29, 0.717) is 5.56 Å². The number of thiazole rings is 1. The number of hydrogen-bond donors (Lipinski definition) is 2. The van der Waals surface area contributed by atoms with Gasteiger partial charge in [-0.05, 0) is 24.6 Å². The van der Waals surface area contributed by atoms with Gasteiger partial charge in [0.2, 0.25) is 10.0 Å². The maximum atomic E-state index is 13.7. The van der Waals surface area contributed by atoms with Crippen molar-refractivity contribution in [2.24, 2.45) is 0 Å². The summed E-state index contributed by atoms with van der Waals surface area (Å²) in [4.78, 5) is 4.33. The van der Waals surface area contributed by atoms with E-state index in [0.717, 1.165) is 22.0 Å². The Labute approximate surface area is 120 Å². The lowest BCUT2D eigenvalue weighted by molar-refractivity contribution is 0.281. The molecule has 1 heterocycles. The van der Waals surface area contributed by atoms with E-state index in [1.165, 1.54) is 17.4 Å². The maximum absolute atomic E-state index is 13.7. The van der Waals surface area contributed by atoms with Gasteiger partial charge >= 0.3 is 0 Å². The van der Waals surface area contributed by atoms with Crippen LogP contribution in [0.1, 0.15) is 15.4 Å². The van der Waals surface area contributed by atoms with Crippen LogP contribution >= 0.6 is 11.3 Å². The fourth-order valence-electron chi connectivity index (χ4n) is 1.59. The summed E-state index contributed by atoms with van der Waals surface area (Å²) in [5.41, 5.74) is 0.319. The van der Waals surface area contributed by atoms with Crippen molar-refractivity contribution < 1.29 is 17.9 Å². The third-order valence-corrected chi connectivity index (χ3v) is 4.92. The Hall–Kier alpha value is -1.35. The van der Waals surface area contributed by atoms with Gasteiger partial charge in [0.1, 0.15) is 10.7 Å². The molecule has 0 unspecified atom stereocenters. The first-order chi connectivity index (χ1) is 9.42. The number of nitrogens with zero attached hydrogens (tertiary/aromatic N) is 1. The summed E-state index contributed by atoms with van der Waals surface area (Å²) in [5, 5.41) is 9.70. The fourth-order valence-corrected chi connectivity index (χ4v) is 3.48. The van der Waals surface area contributed by atoms with Crippen molar-refractivity contribution in [3.05, 3.63) is 45.7 Å². The molecule has 0 spiro atoms. The van der Waals surface area contributed by atoms with Crippen LogP contribution in [-0.2, 0) is 23.2 Å². The number of aromatic nitrogens is 1. The van der Waals surface area contributed by atoms with Crippen molar-refractivity contribution in [3.63, 3.8) is 0 Å². The quantitative estimate of drug-likeness (QED) is 0.877. The number of sulfonamides is 1. The van der Waals surface area contributed by atoms with Crippen molar-refractivity contribution in [1.29, 1.82) is 0 Å². The average molecular weight is 316 g/mol. The molecule has 5 nitrogen and oxygen atoms in total. The highest BCUT2D eigenvalue weighted by Gasteiger charge is 2.19. The summed E-state index contributed by atoms with van der Waals surface area (Å²) in [6, 6.07) is 3.51. The lowest BCUT2D eigenvalue weighted by Gasteiger charge is -2.07. The topological polar surface area (TPSA) is 79.3 Å². The van der Waals surface area contributed by atoms with Crippen LogP contribution in [0.25, 0.3) is 0 Å². The number of hydrogen-bond acceptors (Lipinski definition) is 5. The second-order valence-electron chi connectivity index (χ2n) is 4.09. The molecule has 0 fully saturated rings. The minimum Gasteiger partial charge on any atom is -0.392 e. The summed E-state index contributed by atoms with van der Waals surface area (Å²) in [6.45, 7) is 1.54. The van der Waals surface area contributed by atoms with Gasteiger partial charge in [-0.3, -0.25) is 0 Å². The van der Waals surface area contributed by atoms with Crippen LogP contribution in [0.3, 0.4) is 0 Å². The van der Waals surface area contributed by atoms with E-state index in [-0.39, 0.29) is 13.2 Å². The Bertz CT molecular complexity index is 713. The van der Waals surface area contributed by atoms with Gasteiger partial charge in [-0.2, -0.15) is 0 Å². The van der Waals surface area contributed by atoms with Gasteiger partial charge in [0.15, 0.2) is 0 Å². The molecule has 108 valence electrons. The van der Waals surface area contributed by atoms with Crippen molar-refractivity contribution >= 4 is 21.4 Å². The first-order valence-electron chi connectivity index (χ1n) is 5.72. The molecule has 0 saturated heterocycles. The molecule has 2 aromatic rings. The molecular weight excluding hydrogens is 303 g/mol. The van der Waals surface area contributed by atoms with Gasteiger partial charge in [0.05, 0.1) is 11.6 Å². The van der Waals surface area contributed by atoms with E-state index in [1.807, 2.05) is 6.92 Å². The molecule has 0 aliphatic heterocycles. The van der Waals surface area contributed by atoms with Crippen molar-refractivity contribution in [2.75, 3.05) is 0 Å². The highest BCUT2D eigenvalue weighted by atomic mass is 32.2. The van der Waals surface area contributed by atoms with Crippen LogP contribution in [0.2, 0.25) is 0 Å². The molecule has 0 amide bonds. The largest absolute Gasteiger partial charge is 0.392 e. The van der Waals surface area contributed by atoms with Crippen molar-refractivity contribution in [3.8, 4) is 0 Å². The molecule has 8 heteroatoms. The van der Waals surface area contributed by atoms with Gasteiger partial charge in [-0.1, -0.05) is 6.07 Å². The molecule has 2 N–H and O–H groups in total. The Balaban J connectivity index is 2.18. The number of aliphatic hydroxyl groups is 1. The highest BCUT2D eigenvalue weighted by Crippen LogP contribution is 2.17. The van der Waals surface area contributed by atoms with Crippen LogP contribution in [0.15, 0.2) is 29.3 Å². The minimum atomic E-state index is -3.93. The Morgan fingerprint density at radius 3 is 2.75 bits per heavy atom. The number of nitrogens with one attached hydrogen (secondary N) is 1. The fraction of sp³-hybridized carbons (Fsp3) is 0.250. The lowest BCUT2D eigenvalue weighted by atomic mass is 10.2. The van der Waals surface area contributed by atoms with Gasteiger partial charge in [0, 0.05) is 17.6 Å². The van der Waals surface area contributed by atoms with E-state index in [1.54, 1.807) is 6.20 Å². The lowest BCUT2D eigenvalue weighted by Crippen LogP contribution is -2.23. The Morgan fingerprint density at radius 1 is 1.45 bits per heavy atom. The second kappa shape index (κ2) is 5.96. The van der Waals surface area contributed by atoms with Crippen LogP contribution in [0.5, 0.6) is 0 Å². The van der Waals surface area contributed by atoms with Crippen LogP contribution in [0.4, 0.5) is 4.39 Å². The SMILES string of the molecule is Cc1ncc(CNS(=O)(=O)c2ccc(CO)cc2F)s1. The first kappa shape index (κ1) is 15.0. The Morgan fingerprint density at radius 2 is 2.20 bits per heavy atom. The second-order valence-corrected chi connectivity index (χ2v) is 7.15. The van der Waals surface area contributed by atoms with Crippen molar-refractivity contribution in [2.45, 2.75) is 25.0 Å². The number of aryl methyl sites for hydroxylation is 1. The molecule has 20 heavy (non-hydrogen) atoms. The third kappa shape index (κ3) is 3.40. The standard InChI is InChI=1S/C12H13FN2O3S2/c1-8-14-5-10(19-8)6-15-20(17,18)12-3-2-9(7-16)4-11(12)13/h2-5,15-16H,6-7H2,1H3. The van der Waals surface area contributed by atoms with E-state index in [2.05, 4.69) is 9.71 Å². The number of aliphatic hydroxyl groups excluding tert-OH is 1. The summed E-state index contributed by atoms with van der Waals surface area (Å²) in [5.74, 6) is -0.885. The van der Waals surface area contributed by atoms with Gasteiger partial charge in [-0.25, -0.2) is 22.5 Å². The molecule has 0 aliphatic carbocycles. The number of rotatable bonds is 5. The molecule has 2 rings (SSSR count). The summed E-state index contributed by atoms with van der Waals surface area (Å²) in [7, 11) is -3.93. The maximum Gasteiger partial charge on any atom is 0.243 e. The summed E-state index contributed by atoms with van der Waals surface area (Å²) < 4.78 is 40.1. The molecular formula is C12H13FN2O3S2. The third-order valence-electron chi connectivity index (χ3n) is 2.57. The van der Waals surface area contributed by atoms with Crippen LogP contribution in [0, 0.1) is 12.7 Å². The molecule has 0 radical (unpaired) electrons. The van der Waals surface area contributed by atoms with Crippen molar-refractivity contribution in [1.82, 2.24) is 9.71 Å². The number of halogens is 1. The highest BCUT2D eigenvalue weighted by molar-refractivity contribution is 7.89. The minimum absolute atomic E-state index is 0.0645. The average Bonchev–Trinajstić information content (AvgIpc) is 2.82. The predicted octanol–water partition coefficient (Wildman–Crippen LogP) is 1.56. The summed E-state index contributed by atoms with van der Waals surface area (Å²) >= 11 is 1.37. The Kier molecular flexibility index (Phi) is 4.48. The molecule has 0 saturated carbocycles. The molecule has 0 aliphatic rings. The van der Waals surface area contributed by atoms with Gasteiger partial charge < -0.3 is 5.11 Å². The molecule has 1 aromatic carbocycles. The van der Waals surface area contributed by atoms with Gasteiger partial charge in [0.25, 0.3) is 0 Å². The normalized spacial score (nSPS) is 11.8. The summed E-state index contributed by atoms with van der Waals surface area (Å²) in [6.07, 6.45) is 1.58. The molecule has 0 bridgehead atoms. The van der Waals surface area contributed by atoms with E-state index in [9.17, 15) is 12.8 Å². The van der Waals surface area contributed by atoms with E-state index in [4.69, 9.17) is 5.11 Å². The first-order valence-corrected chi connectivity index (χ1v) is 8.02. The van der Waals surface area contributed by atoms with Crippen LogP contribution in [-0.4, -0.2) is 18.5 Å². The monoisotopic (exact) mass is 316 g/mol. The zero-order valence-corrected chi connectivity index (χ0v) is 12.3. The predicted molar refractivity (Wildman–Crippen MR) is 73.2 cm³/mol.